The lowest BCUT2D eigenvalue weighted by atomic mass is 9.83. The van der Waals surface area contributed by atoms with Gasteiger partial charge in [0.05, 0.1) is 27.6 Å². The fraction of sp³-hybridized carbons (Fsp3) is 0.111. The zero-order valence-corrected chi connectivity index (χ0v) is 38.3. The number of aliphatic imine (C=N–C) groups is 1. The number of para-hydroxylation sites is 2. The van der Waals surface area contributed by atoms with Crippen molar-refractivity contribution in [2.45, 2.75) is 31.7 Å². The first kappa shape index (κ1) is 41.2. The summed E-state index contributed by atoms with van der Waals surface area (Å²) in [5, 5.41) is 19.3. The molecule has 5 heteroatoms. The molecule has 5 nitrogen and oxygen atoms in total. The second-order valence-corrected chi connectivity index (χ2v) is 18.5. The van der Waals surface area contributed by atoms with Gasteiger partial charge in [-0.15, -0.1) is 0 Å². The number of aromatic nitrogens is 2. The summed E-state index contributed by atoms with van der Waals surface area (Å²) in [6.45, 7) is 2.35. The first-order chi connectivity index (χ1) is 33.4. The lowest BCUT2D eigenvalue weighted by Crippen LogP contribution is -2.50. The summed E-state index contributed by atoms with van der Waals surface area (Å²) in [5.74, 6) is 1.29. The van der Waals surface area contributed by atoms with E-state index in [-0.39, 0.29) is 17.3 Å². The molecule has 11 aromatic rings. The molecule has 2 atom stereocenters. The van der Waals surface area contributed by atoms with Crippen molar-refractivity contribution < 1.29 is 0 Å². The molecule has 9 aromatic carbocycles. The summed E-state index contributed by atoms with van der Waals surface area (Å²) in [7, 11) is 2.18. The third kappa shape index (κ3) is 6.93. The van der Waals surface area contributed by atoms with E-state index in [2.05, 4.69) is 222 Å². The van der Waals surface area contributed by atoms with Crippen LogP contribution in [0.1, 0.15) is 42.9 Å². The van der Waals surface area contributed by atoms with E-state index in [4.69, 9.17) is 4.99 Å². The minimum atomic E-state index is -0.387. The van der Waals surface area contributed by atoms with Crippen LogP contribution >= 0.6 is 0 Å². The summed E-state index contributed by atoms with van der Waals surface area (Å²) in [4.78, 5) is 7.60. The Balaban J connectivity index is 0.955. The van der Waals surface area contributed by atoms with Crippen LogP contribution in [-0.2, 0) is 0 Å². The van der Waals surface area contributed by atoms with Crippen LogP contribution in [0, 0.1) is 11.3 Å². The predicted molar refractivity (Wildman–Crippen MR) is 288 cm³/mol. The van der Waals surface area contributed by atoms with Gasteiger partial charge in [-0.2, -0.15) is 0 Å². The molecule has 0 fully saturated rings. The highest BCUT2D eigenvalue weighted by Gasteiger charge is 2.40. The highest BCUT2D eigenvalue weighted by molar-refractivity contribution is 6.24. The van der Waals surface area contributed by atoms with Gasteiger partial charge in [0.1, 0.15) is 5.84 Å². The van der Waals surface area contributed by atoms with Crippen LogP contribution in [0.25, 0.3) is 76.5 Å². The van der Waals surface area contributed by atoms with Crippen LogP contribution in [0.4, 0.5) is 0 Å². The highest BCUT2D eigenvalue weighted by Crippen LogP contribution is 2.42. The Kier molecular flexibility index (Phi) is 10.2. The smallest absolute Gasteiger partial charge is 0.154 e. The van der Waals surface area contributed by atoms with Crippen molar-refractivity contribution in [2.24, 2.45) is 10.9 Å². The number of nitrogens with zero attached hydrogens (tertiary/aromatic N) is 4. The lowest BCUT2D eigenvalue weighted by molar-refractivity contribution is 0.199. The monoisotopic (exact) mass is 877 g/mol. The normalized spacial score (nSPS) is 16.5. The molecular formula is C63H51N5. The van der Waals surface area contributed by atoms with Gasteiger partial charge in [-0.05, 0) is 102 Å². The van der Waals surface area contributed by atoms with Gasteiger partial charge in [0.25, 0.3) is 0 Å². The summed E-state index contributed by atoms with van der Waals surface area (Å²) < 4.78 is 4.87. The molecule has 68 heavy (non-hydrogen) atoms. The maximum absolute atomic E-state index is 9.38. The summed E-state index contributed by atoms with van der Waals surface area (Å²) >= 11 is 0. The van der Waals surface area contributed by atoms with E-state index >= 15 is 0 Å². The molecule has 1 N–H and O–H groups in total. The molecule has 1 aliphatic carbocycles. The molecule has 2 heterocycles. The SMILES string of the molecule is CN(C(=NC(=N)c1ccccc1)c1ccc2c3ccccc3n(-c3ccccc3)c2c1)[C@]1(C)C=CCC1CC/C=C(\c1ccccc1)n1c2cc3ccccc3cc2c2c3ccccc3ccc21. The molecule has 0 saturated heterocycles. The molecule has 0 bridgehead atoms. The van der Waals surface area contributed by atoms with E-state index < -0.39 is 0 Å². The Bertz CT molecular complexity index is 3820. The van der Waals surface area contributed by atoms with Gasteiger partial charge in [-0.1, -0.05) is 182 Å². The van der Waals surface area contributed by atoms with E-state index in [0.717, 1.165) is 52.9 Å². The van der Waals surface area contributed by atoms with Gasteiger partial charge in [0.15, 0.2) is 5.84 Å². The Morgan fingerprint density at radius 2 is 1.22 bits per heavy atom. The summed E-state index contributed by atoms with van der Waals surface area (Å²) in [6.07, 6.45) is 9.99. The number of amidine groups is 2. The van der Waals surface area contributed by atoms with Gasteiger partial charge < -0.3 is 14.0 Å². The van der Waals surface area contributed by atoms with Crippen LogP contribution < -0.4 is 0 Å². The molecule has 0 spiro atoms. The number of benzene rings is 9. The predicted octanol–water partition coefficient (Wildman–Crippen LogP) is 15.6. The zero-order valence-electron chi connectivity index (χ0n) is 38.3. The van der Waals surface area contributed by atoms with E-state index in [1.807, 2.05) is 30.3 Å². The first-order valence-electron chi connectivity index (χ1n) is 23.8. The van der Waals surface area contributed by atoms with Crippen molar-refractivity contribution in [2.75, 3.05) is 7.05 Å². The molecule has 0 radical (unpaired) electrons. The van der Waals surface area contributed by atoms with Crippen LogP contribution in [0.15, 0.2) is 229 Å². The largest absolute Gasteiger partial charge is 0.350 e. The lowest BCUT2D eigenvalue weighted by Gasteiger charge is -2.42. The van der Waals surface area contributed by atoms with Gasteiger partial charge in [-0.3, -0.25) is 5.41 Å². The number of rotatable bonds is 9. The fourth-order valence-electron chi connectivity index (χ4n) is 11.0. The molecule has 0 saturated carbocycles. The highest BCUT2D eigenvalue weighted by atomic mass is 15.2. The Labute approximate surface area is 396 Å². The zero-order chi connectivity index (χ0) is 45.8. The average Bonchev–Trinajstić information content (AvgIpc) is 4.05. The van der Waals surface area contributed by atoms with Crippen molar-refractivity contribution in [1.29, 1.82) is 5.41 Å². The summed E-state index contributed by atoms with van der Waals surface area (Å²) in [5.41, 5.74) is 9.54. The maximum Gasteiger partial charge on any atom is 0.154 e. The molecule has 328 valence electrons. The Hall–Kier alpha value is -8.28. The van der Waals surface area contributed by atoms with Crippen molar-refractivity contribution in [3.63, 3.8) is 0 Å². The Morgan fingerprint density at radius 1 is 0.588 bits per heavy atom. The van der Waals surface area contributed by atoms with Crippen molar-refractivity contribution in [3.05, 3.63) is 241 Å². The Morgan fingerprint density at radius 3 is 1.99 bits per heavy atom. The van der Waals surface area contributed by atoms with E-state index in [1.165, 1.54) is 65.4 Å². The molecule has 1 unspecified atom stereocenters. The van der Waals surface area contributed by atoms with Gasteiger partial charge in [-0.25, -0.2) is 4.99 Å². The third-order valence-corrected chi connectivity index (χ3v) is 14.6. The molecule has 0 aliphatic heterocycles. The van der Waals surface area contributed by atoms with Crippen LogP contribution in [-0.4, -0.2) is 38.3 Å². The molecular weight excluding hydrogens is 827 g/mol. The van der Waals surface area contributed by atoms with E-state index in [1.54, 1.807) is 0 Å². The van der Waals surface area contributed by atoms with Crippen molar-refractivity contribution >= 4 is 82.5 Å². The number of fused-ring (bicyclic) bond motifs is 9. The second kappa shape index (κ2) is 16.9. The van der Waals surface area contributed by atoms with Crippen molar-refractivity contribution in [1.82, 2.24) is 14.0 Å². The number of nitrogens with one attached hydrogen (secondary N) is 1. The molecule has 0 amide bonds. The molecule has 12 rings (SSSR count). The standard InChI is InChI=1S/C63H51N5/c1-63(66(2)62(65-61(64)45-23-8-4-9-24-45)48-35-37-53-52-32-16-17-33-56(52)67(58(53)42-48)50-29-10-5-11-30-50)39-19-28-49(63)27-18-34-55(44-21-6-3-7-22-44)68-57-38-36-43-20-14-15-31-51(43)60(57)54-40-46-25-12-13-26-47(46)41-59(54)68/h3-17,19-26,29-42,49,64H,18,27-28H2,1-2H3/b55-34+,64-61?,65-62?/t49?,63-/m1/s1. The molecule has 1 aliphatic rings. The van der Waals surface area contributed by atoms with Crippen LogP contribution in [0.3, 0.4) is 0 Å². The minimum absolute atomic E-state index is 0.237. The van der Waals surface area contributed by atoms with Gasteiger partial charge in [0.2, 0.25) is 0 Å². The topological polar surface area (TPSA) is 49.3 Å². The van der Waals surface area contributed by atoms with E-state index in [9.17, 15) is 5.41 Å². The second-order valence-electron chi connectivity index (χ2n) is 18.5. The number of likely N-dealkylation sites (N-methyl/N-ethyl adjacent to an activating group) is 1. The first-order valence-corrected chi connectivity index (χ1v) is 23.8. The fourth-order valence-corrected chi connectivity index (χ4v) is 11.0. The van der Waals surface area contributed by atoms with Gasteiger partial charge in [0, 0.05) is 51.1 Å². The van der Waals surface area contributed by atoms with Crippen LogP contribution in [0.2, 0.25) is 0 Å². The number of hydrogen-bond acceptors (Lipinski definition) is 1. The average molecular weight is 878 g/mol. The van der Waals surface area contributed by atoms with Crippen LogP contribution in [0.5, 0.6) is 0 Å². The number of allylic oxidation sites excluding steroid dienone is 2. The van der Waals surface area contributed by atoms with Gasteiger partial charge >= 0.3 is 0 Å². The maximum atomic E-state index is 9.38. The molecule has 2 aromatic heterocycles. The van der Waals surface area contributed by atoms with E-state index in [0.29, 0.717) is 0 Å². The minimum Gasteiger partial charge on any atom is -0.350 e. The third-order valence-electron chi connectivity index (χ3n) is 14.6. The quantitative estimate of drug-likeness (QED) is 0.0876. The summed E-state index contributed by atoms with van der Waals surface area (Å²) in [6, 6.07) is 73.6. The van der Waals surface area contributed by atoms with Crippen molar-refractivity contribution in [3.8, 4) is 5.69 Å². The number of hydrogen-bond donors (Lipinski definition) is 1.